The average Bonchev–Trinajstić information content (AvgIpc) is 2.29. The Kier molecular flexibility index (Phi) is 2.86. The molecule has 0 radical (unpaired) electrons. The van der Waals surface area contributed by atoms with E-state index in [2.05, 4.69) is 0 Å². The Balaban J connectivity index is 2.26. The highest BCUT2D eigenvalue weighted by Crippen LogP contribution is 2.24. The quantitative estimate of drug-likeness (QED) is 0.737. The summed E-state index contributed by atoms with van der Waals surface area (Å²) < 4.78 is 5.73. The maximum atomic E-state index is 11.5. The molecule has 0 aromatic heterocycles. The van der Waals surface area contributed by atoms with E-state index in [1.807, 2.05) is 37.3 Å². The number of ketones is 1. The molecule has 0 saturated carbocycles. The Bertz CT molecular complexity index is 379. The van der Waals surface area contributed by atoms with Crippen LogP contribution in [0.4, 0.5) is 0 Å². The molecule has 0 bridgehead atoms. The first kappa shape index (κ1) is 9.97. The molecule has 0 spiro atoms. The van der Waals surface area contributed by atoms with E-state index in [0.717, 1.165) is 12.0 Å². The van der Waals surface area contributed by atoms with Gasteiger partial charge in [-0.05, 0) is 6.42 Å². The monoisotopic (exact) mass is 202 g/mol. The molecule has 2 heteroatoms. The lowest BCUT2D eigenvalue weighted by molar-refractivity contribution is -0.117. The van der Waals surface area contributed by atoms with Gasteiger partial charge in [0, 0.05) is 18.1 Å². The van der Waals surface area contributed by atoms with Gasteiger partial charge in [0.05, 0.1) is 0 Å². The fourth-order valence-electron chi connectivity index (χ4n) is 1.67. The predicted molar refractivity (Wildman–Crippen MR) is 59.2 cm³/mol. The van der Waals surface area contributed by atoms with Crippen molar-refractivity contribution in [1.29, 1.82) is 0 Å². The number of ether oxygens (including phenoxy) is 1. The molecule has 1 unspecified atom stereocenters. The van der Waals surface area contributed by atoms with Crippen LogP contribution in [0, 0.1) is 0 Å². The van der Waals surface area contributed by atoms with Crippen LogP contribution in [0.5, 0.6) is 0 Å². The molecule has 0 saturated heterocycles. The topological polar surface area (TPSA) is 26.3 Å². The van der Waals surface area contributed by atoms with Gasteiger partial charge in [0.2, 0.25) is 0 Å². The molecule has 0 aliphatic carbocycles. The molecule has 0 fully saturated rings. The molecule has 0 N–H and O–H groups in total. The number of hydrogen-bond acceptors (Lipinski definition) is 2. The van der Waals surface area contributed by atoms with Gasteiger partial charge in [-0.15, -0.1) is 0 Å². The zero-order valence-corrected chi connectivity index (χ0v) is 8.77. The van der Waals surface area contributed by atoms with Gasteiger partial charge in [-0.3, -0.25) is 4.79 Å². The molecule has 2 rings (SSSR count). The highest BCUT2D eigenvalue weighted by Gasteiger charge is 2.20. The van der Waals surface area contributed by atoms with Crippen LogP contribution in [0.15, 0.2) is 36.4 Å². The fourth-order valence-corrected chi connectivity index (χ4v) is 1.67. The second-order valence-electron chi connectivity index (χ2n) is 3.69. The molecule has 0 amide bonds. The fraction of sp³-hybridized carbons (Fsp3) is 0.308. The molecule has 1 aliphatic rings. The number of hydrogen-bond donors (Lipinski definition) is 0. The summed E-state index contributed by atoms with van der Waals surface area (Å²) in [5, 5.41) is 0. The van der Waals surface area contributed by atoms with Gasteiger partial charge in [0.1, 0.15) is 11.9 Å². The standard InChI is InChI=1S/C13H14O2/c1-2-12-8-11(14)9-13(15-12)10-6-4-3-5-7-10/h3-7,9,12H,2,8H2,1H3. The number of rotatable bonds is 2. The van der Waals surface area contributed by atoms with Crippen molar-refractivity contribution < 1.29 is 9.53 Å². The molecule has 1 atom stereocenters. The number of benzene rings is 1. The predicted octanol–water partition coefficient (Wildman–Crippen LogP) is 2.80. The molecule has 78 valence electrons. The van der Waals surface area contributed by atoms with E-state index in [-0.39, 0.29) is 11.9 Å². The number of carbonyl (C=O) groups is 1. The third-order valence-electron chi connectivity index (χ3n) is 2.53. The highest BCUT2D eigenvalue weighted by molar-refractivity contribution is 5.97. The van der Waals surface area contributed by atoms with Crippen molar-refractivity contribution in [3.05, 3.63) is 42.0 Å². The third-order valence-corrected chi connectivity index (χ3v) is 2.53. The Labute approximate surface area is 89.6 Å². The van der Waals surface area contributed by atoms with Crippen molar-refractivity contribution in [2.45, 2.75) is 25.9 Å². The minimum Gasteiger partial charge on any atom is -0.489 e. The summed E-state index contributed by atoms with van der Waals surface area (Å²) in [6.07, 6.45) is 3.02. The largest absolute Gasteiger partial charge is 0.489 e. The van der Waals surface area contributed by atoms with Gasteiger partial charge in [-0.1, -0.05) is 37.3 Å². The van der Waals surface area contributed by atoms with E-state index in [9.17, 15) is 4.79 Å². The van der Waals surface area contributed by atoms with Crippen LogP contribution < -0.4 is 0 Å². The molecule has 15 heavy (non-hydrogen) atoms. The first-order valence-electron chi connectivity index (χ1n) is 5.26. The summed E-state index contributed by atoms with van der Waals surface area (Å²) in [5.41, 5.74) is 0.976. The highest BCUT2D eigenvalue weighted by atomic mass is 16.5. The molecule has 1 aromatic carbocycles. The Morgan fingerprint density at radius 1 is 1.33 bits per heavy atom. The molecule has 1 heterocycles. The van der Waals surface area contributed by atoms with Crippen molar-refractivity contribution >= 4 is 11.5 Å². The van der Waals surface area contributed by atoms with E-state index in [0.29, 0.717) is 12.2 Å². The van der Waals surface area contributed by atoms with Crippen LogP contribution in [-0.4, -0.2) is 11.9 Å². The Hall–Kier alpha value is -1.57. The minimum absolute atomic E-state index is 0.0395. The van der Waals surface area contributed by atoms with Crippen LogP contribution in [-0.2, 0) is 9.53 Å². The van der Waals surface area contributed by atoms with E-state index < -0.39 is 0 Å². The zero-order chi connectivity index (χ0) is 10.7. The van der Waals surface area contributed by atoms with Crippen molar-refractivity contribution in [1.82, 2.24) is 0 Å². The molecule has 1 aliphatic heterocycles. The lowest BCUT2D eigenvalue weighted by Crippen LogP contribution is -2.20. The van der Waals surface area contributed by atoms with E-state index in [4.69, 9.17) is 4.74 Å². The van der Waals surface area contributed by atoms with Crippen molar-refractivity contribution in [2.24, 2.45) is 0 Å². The lowest BCUT2D eigenvalue weighted by atomic mass is 10.0. The van der Waals surface area contributed by atoms with Gasteiger partial charge in [0.15, 0.2) is 5.78 Å². The van der Waals surface area contributed by atoms with Gasteiger partial charge >= 0.3 is 0 Å². The Morgan fingerprint density at radius 2 is 2.07 bits per heavy atom. The minimum atomic E-state index is 0.0395. The average molecular weight is 202 g/mol. The molecular weight excluding hydrogens is 188 g/mol. The third kappa shape index (κ3) is 2.27. The van der Waals surface area contributed by atoms with Crippen molar-refractivity contribution in [3.63, 3.8) is 0 Å². The molecule has 1 aromatic rings. The maximum absolute atomic E-state index is 11.5. The van der Waals surface area contributed by atoms with Crippen LogP contribution in [0.25, 0.3) is 5.76 Å². The Morgan fingerprint density at radius 3 is 2.73 bits per heavy atom. The molecular formula is C13H14O2. The van der Waals surface area contributed by atoms with E-state index in [1.165, 1.54) is 0 Å². The van der Waals surface area contributed by atoms with Gasteiger partial charge in [0.25, 0.3) is 0 Å². The smallest absolute Gasteiger partial charge is 0.163 e. The van der Waals surface area contributed by atoms with Gasteiger partial charge < -0.3 is 4.74 Å². The SMILES string of the molecule is CCC1CC(=O)C=C(c2ccccc2)O1. The van der Waals surface area contributed by atoms with E-state index >= 15 is 0 Å². The summed E-state index contributed by atoms with van der Waals surface area (Å²) >= 11 is 0. The number of carbonyl (C=O) groups excluding carboxylic acids is 1. The summed E-state index contributed by atoms with van der Waals surface area (Å²) in [7, 11) is 0. The van der Waals surface area contributed by atoms with E-state index in [1.54, 1.807) is 6.08 Å². The first-order valence-corrected chi connectivity index (χ1v) is 5.26. The summed E-state index contributed by atoms with van der Waals surface area (Å²) in [4.78, 5) is 11.5. The van der Waals surface area contributed by atoms with Crippen LogP contribution >= 0.6 is 0 Å². The second-order valence-corrected chi connectivity index (χ2v) is 3.69. The summed E-state index contributed by atoms with van der Waals surface area (Å²) in [6, 6.07) is 9.75. The first-order chi connectivity index (χ1) is 7.29. The summed E-state index contributed by atoms with van der Waals surface area (Å²) in [6.45, 7) is 2.03. The molecule has 2 nitrogen and oxygen atoms in total. The van der Waals surface area contributed by atoms with Crippen LogP contribution in [0.2, 0.25) is 0 Å². The maximum Gasteiger partial charge on any atom is 0.163 e. The zero-order valence-electron chi connectivity index (χ0n) is 8.77. The van der Waals surface area contributed by atoms with Crippen molar-refractivity contribution in [2.75, 3.05) is 0 Å². The van der Waals surface area contributed by atoms with Gasteiger partial charge in [-0.25, -0.2) is 0 Å². The van der Waals surface area contributed by atoms with Crippen LogP contribution in [0.1, 0.15) is 25.3 Å². The second kappa shape index (κ2) is 4.30. The summed E-state index contributed by atoms with van der Waals surface area (Å²) in [5.74, 6) is 0.866. The lowest BCUT2D eigenvalue weighted by Gasteiger charge is -2.22. The normalized spacial score (nSPS) is 20.7. The van der Waals surface area contributed by atoms with Crippen LogP contribution in [0.3, 0.4) is 0 Å². The van der Waals surface area contributed by atoms with Gasteiger partial charge in [-0.2, -0.15) is 0 Å². The number of allylic oxidation sites excluding steroid dienone is 1. The van der Waals surface area contributed by atoms with Crippen molar-refractivity contribution in [3.8, 4) is 0 Å².